The van der Waals surface area contributed by atoms with Crippen LogP contribution in [-0.4, -0.2) is 5.25 Å². The molecule has 0 aromatic heterocycles. The fourth-order valence-electron chi connectivity index (χ4n) is 2.45. The highest BCUT2D eigenvalue weighted by Crippen LogP contribution is 2.34. The number of halogens is 1. The number of thioether (sulfide) groups is 1. The van der Waals surface area contributed by atoms with Gasteiger partial charge in [0, 0.05) is 15.5 Å². The lowest BCUT2D eigenvalue weighted by Gasteiger charge is -2.20. The molecule has 1 fully saturated rings. The normalized spacial score (nSPS) is 18.6. The molecule has 0 N–H and O–H groups in total. The summed E-state index contributed by atoms with van der Waals surface area (Å²) in [6.07, 6.45) is 9.99. The van der Waals surface area contributed by atoms with E-state index >= 15 is 0 Å². The minimum Gasteiger partial charge on any atom is -0.122 e. The average Bonchev–Trinajstić information content (AvgIpc) is 2.33. The Balaban J connectivity index is 1.97. The van der Waals surface area contributed by atoms with Gasteiger partial charge in [-0.05, 0) is 24.5 Å². The van der Waals surface area contributed by atoms with Crippen molar-refractivity contribution in [2.24, 2.45) is 0 Å². The van der Waals surface area contributed by atoms with Gasteiger partial charge in [0.2, 0.25) is 0 Å². The van der Waals surface area contributed by atoms with Crippen molar-refractivity contribution in [2.45, 2.75) is 60.4 Å². The van der Waals surface area contributed by atoms with Gasteiger partial charge in [0.05, 0.1) is 0 Å². The Labute approximate surface area is 118 Å². The third-order valence-corrected chi connectivity index (χ3v) is 5.52. The first-order valence-electron chi connectivity index (χ1n) is 6.70. The van der Waals surface area contributed by atoms with Crippen LogP contribution in [0.2, 0.25) is 0 Å². The van der Waals surface area contributed by atoms with Crippen LogP contribution in [-0.2, 0) is 5.33 Å². The van der Waals surface area contributed by atoms with Crippen molar-refractivity contribution < 1.29 is 0 Å². The van der Waals surface area contributed by atoms with Crippen molar-refractivity contribution in [3.8, 4) is 0 Å². The molecule has 0 nitrogen and oxygen atoms in total. The molecular formula is C15H21BrS. The Hall–Kier alpha value is 0.0500. The van der Waals surface area contributed by atoms with Crippen LogP contribution in [0.5, 0.6) is 0 Å². The van der Waals surface area contributed by atoms with Crippen LogP contribution in [0, 0.1) is 0 Å². The second-order valence-corrected chi connectivity index (χ2v) is 6.73. The molecule has 1 aromatic carbocycles. The van der Waals surface area contributed by atoms with E-state index in [2.05, 4.69) is 52.0 Å². The quantitative estimate of drug-likeness (QED) is 0.637. The molecule has 17 heavy (non-hydrogen) atoms. The number of hydrogen-bond donors (Lipinski definition) is 0. The Bertz CT molecular complexity index is 329. The minimum atomic E-state index is 0.843. The van der Waals surface area contributed by atoms with Gasteiger partial charge in [-0.15, -0.1) is 11.8 Å². The van der Waals surface area contributed by atoms with Crippen molar-refractivity contribution in [2.75, 3.05) is 0 Å². The van der Waals surface area contributed by atoms with Crippen molar-refractivity contribution in [3.05, 3.63) is 29.8 Å². The monoisotopic (exact) mass is 312 g/mol. The molecule has 1 aliphatic carbocycles. The van der Waals surface area contributed by atoms with Crippen molar-refractivity contribution in [1.29, 1.82) is 0 Å². The lowest BCUT2D eigenvalue weighted by atomic mass is 10.0. The van der Waals surface area contributed by atoms with Gasteiger partial charge >= 0.3 is 0 Å². The zero-order chi connectivity index (χ0) is 11.9. The maximum Gasteiger partial charge on any atom is 0.0294 e. The van der Waals surface area contributed by atoms with Crippen LogP contribution >= 0.6 is 27.7 Å². The highest BCUT2D eigenvalue weighted by Gasteiger charge is 2.14. The van der Waals surface area contributed by atoms with Gasteiger partial charge in [-0.3, -0.25) is 0 Å². The lowest BCUT2D eigenvalue weighted by molar-refractivity contribution is 0.513. The highest BCUT2D eigenvalue weighted by atomic mass is 79.9. The number of alkyl halides is 1. The van der Waals surface area contributed by atoms with Gasteiger partial charge in [-0.1, -0.05) is 66.2 Å². The molecule has 0 spiro atoms. The van der Waals surface area contributed by atoms with Crippen molar-refractivity contribution in [1.82, 2.24) is 0 Å². The molecule has 2 rings (SSSR count). The summed E-state index contributed by atoms with van der Waals surface area (Å²) in [6, 6.07) is 8.82. The fraction of sp³-hybridized carbons (Fsp3) is 0.600. The zero-order valence-electron chi connectivity index (χ0n) is 10.3. The second kappa shape index (κ2) is 7.48. The van der Waals surface area contributed by atoms with E-state index in [-0.39, 0.29) is 0 Å². The Morgan fingerprint density at radius 1 is 1.00 bits per heavy atom. The van der Waals surface area contributed by atoms with Crippen molar-refractivity contribution >= 4 is 27.7 Å². The summed E-state index contributed by atoms with van der Waals surface area (Å²) in [5, 5.41) is 1.82. The molecule has 94 valence electrons. The van der Waals surface area contributed by atoms with Crippen LogP contribution in [0.4, 0.5) is 0 Å². The first kappa shape index (κ1) is 13.5. The molecule has 1 saturated carbocycles. The lowest BCUT2D eigenvalue weighted by Crippen LogP contribution is -2.05. The zero-order valence-corrected chi connectivity index (χ0v) is 12.7. The van der Waals surface area contributed by atoms with E-state index in [1.165, 1.54) is 55.4 Å². The second-order valence-electron chi connectivity index (χ2n) is 4.83. The third kappa shape index (κ3) is 4.33. The molecule has 0 aliphatic heterocycles. The Kier molecular flexibility index (Phi) is 5.93. The smallest absolute Gasteiger partial charge is 0.0294 e. The SMILES string of the molecule is BrCc1ccccc1SC1CCCCCCC1. The summed E-state index contributed by atoms with van der Waals surface area (Å²) in [4.78, 5) is 1.48. The number of rotatable bonds is 3. The van der Waals surface area contributed by atoms with E-state index in [1.54, 1.807) is 0 Å². The van der Waals surface area contributed by atoms with Crippen LogP contribution in [0.1, 0.15) is 50.5 Å². The van der Waals surface area contributed by atoms with Crippen molar-refractivity contribution in [3.63, 3.8) is 0 Å². The summed E-state index contributed by atoms with van der Waals surface area (Å²) in [5.41, 5.74) is 1.44. The summed E-state index contributed by atoms with van der Waals surface area (Å²) in [7, 11) is 0. The minimum absolute atomic E-state index is 0.843. The van der Waals surface area contributed by atoms with E-state index in [4.69, 9.17) is 0 Å². The fourth-order valence-corrected chi connectivity index (χ4v) is 4.50. The highest BCUT2D eigenvalue weighted by molar-refractivity contribution is 9.08. The van der Waals surface area contributed by atoms with Gasteiger partial charge < -0.3 is 0 Å². The molecule has 0 heterocycles. The Morgan fingerprint density at radius 3 is 2.35 bits per heavy atom. The summed E-state index contributed by atoms with van der Waals surface area (Å²) < 4.78 is 0. The van der Waals surface area contributed by atoms with Gasteiger partial charge in [0.25, 0.3) is 0 Å². The van der Waals surface area contributed by atoms with E-state index in [1.807, 2.05) is 0 Å². The molecule has 0 atom stereocenters. The molecule has 0 saturated heterocycles. The summed E-state index contributed by atoms with van der Waals surface area (Å²) >= 11 is 5.70. The van der Waals surface area contributed by atoms with Crippen LogP contribution in [0.25, 0.3) is 0 Å². The molecule has 0 bridgehead atoms. The largest absolute Gasteiger partial charge is 0.122 e. The maximum absolute atomic E-state index is 3.59. The topological polar surface area (TPSA) is 0 Å². The first-order valence-corrected chi connectivity index (χ1v) is 8.71. The third-order valence-electron chi connectivity index (χ3n) is 3.46. The average molecular weight is 313 g/mol. The van der Waals surface area contributed by atoms with E-state index in [0.717, 1.165) is 10.6 Å². The predicted molar refractivity (Wildman–Crippen MR) is 81.0 cm³/mol. The van der Waals surface area contributed by atoms with Crippen LogP contribution in [0.3, 0.4) is 0 Å². The Morgan fingerprint density at radius 2 is 1.65 bits per heavy atom. The van der Waals surface area contributed by atoms with E-state index in [0.29, 0.717) is 0 Å². The van der Waals surface area contributed by atoms with E-state index < -0.39 is 0 Å². The predicted octanol–water partition coefficient (Wildman–Crippen LogP) is 5.79. The molecule has 1 aromatic rings. The molecular weight excluding hydrogens is 292 g/mol. The molecule has 1 aliphatic rings. The van der Waals surface area contributed by atoms with Gasteiger partial charge in [0.1, 0.15) is 0 Å². The number of hydrogen-bond acceptors (Lipinski definition) is 1. The molecule has 0 radical (unpaired) electrons. The van der Waals surface area contributed by atoms with Gasteiger partial charge in [-0.2, -0.15) is 0 Å². The first-order chi connectivity index (χ1) is 8.40. The standard InChI is InChI=1S/C15H21BrS/c16-12-13-8-6-7-11-15(13)17-14-9-4-2-1-3-5-10-14/h6-8,11,14H,1-5,9-10,12H2. The number of benzene rings is 1. The molecule has 0 unspecified atom stereocenters. The van der Waals surface area contributed by atoms with Gasteiger partial charge in [-0.25, -0.2) is 0 Å². The molecule has 2 heteroatoms. The maximum atomic E-state index is 3.59. The summed E-state index contributed by atoms with van der Waals surface area (Å²) in [6.45, 7) is 0. The van der Waals surface area contributed by atoms with E-state index in [9.17, 15) is 0 Å². The van der Waals surface area contributed by atoms with Crippen LogP contribution in [0.15, 0.2) is 29.2 Å². The van der Waals surface area contributed by atoms with Gasteiger partial charge in [0.15, 0.2) is 0 Å². The molecule has 0 amide bonds. The summed E-state index contributed by atoms with van der Waals surface area (Å²) in [5.74, 6) is 0. The van der Waals surface area contributed by atoms with Crippen LogP contribution < -0.4 is 0 Å².